The minimum atomic E-state index is -0.428. The molecule has 0 aliphatic heterocycles. The van der Waals surface area contributed by atoms with Crippen molar-refractivity contribution in [2.75, 3.05) is 13.2 Å². The molecule has 0 bridgehead atoms. The lowest BCUT2D eigenvalue weighted by Crippen LogP contribution is -2.31. The number of nitrogens with one attached hydrogen (secondary N) is 1. The van der Waals surface area contributed by atoms with Crippen LogP contribution in [-0.4, -0.2) is 23.6 Å². The van der Waals surface area contributed by atoms with Gasteiger partial charge in [0.25, 0.3) is 5.91 Å². The summed E-state index contributed by atoms with van der Waals surface area (Å²) in [5, 5.41) is 4.53. The maximum atomic E-state index is 13.4. The van der Waals surface area contributed by atoms with Gasteiger partial charge in [-0.25, -0.2) is 9.18 Å². The fourth-order valence-corrected chi connectivity index (χ4v) is 3.26. The van der Waals surface area contributed by atoms with Crippen molar-refractivity contribution in [2.45, 2.75) is 13.5 Å². The van der Waals surface area contributed by atoms with Gasteiger partial charge in [-0.2, -0.15) is 0 Å². The van der Waals surface area contributed by atoms with Gasteiger partial charge in [0, 0.05) is 36.8 Å². The Hall–Kier alpha value is -3.61. The number of ether oxygens (including phenoxy) is 1. The van der Waals surface area contributed by atoms with Crippen LogP contribution in [0.1, 0.15) is 5.56 Å². The van der Waals surface area contributed by atoms with Gasteiger partial charge in [-0.1, -0.05) is 0 Å². The summed E-state index contributed by atoms with van der Waals surface area (Å²) in [5.41, 5.74) is 1.59. The first-order valence-corrected chi connectivity index (χ1v) is 9.18. The fourth-order valence-electron chi connectivity index (χ4n) is 3.26. The van der Waals surface area contributed by atoms with Crippen molar-refractivity contribution >= 4 is 27.8 Å². The summed E-state index contributed by atoms with van der Waals surface area (Å²) in [7, 11) is 0. The maximum Gasteiger partial charge on any atom is 0.336 e. The summed E-state index contributed by atoms with van der Waals surface area (Å²) in [6, 6.07) is 13.1. The van der Waals surface area contributed by atoms with Gasteiger partial charge in [-0.05, 0) is 54.3 Å². The standard InChI is InChI=1S/C22H19FN2O4/c1-14-10-22(27)29-20-12-17(4-5-18(14)20)28-13-21(26)24-7-9-25-8-6-15-2-3-16(23)11-19(15)25/h2-6,8,10-12H,7,9,13H2,1H3,(H,24,26). The third kappa shape index (κ3) is 4.13. The Morgan fingerprint density at radius 3 is 2.90 bits per heavy atom. The van der Waals surface area contributed by atoms with Gasteiger partial charge in [0.15, 0.2) is 6.61 Å². The molecular formula is C22H19FN2O4. The highest BCUT2D eigenvalue weighted by Crippen LogP contribution is 2.22. The topological polar surface area (TPSA) is 73.5 Å². The second-order valence-electron chi connectivity index (χ2n) is 6.76. The number of halogens is 1. The van der Waals surface area contributed by atoms with Gasteiger partial charge in [-0.3, -0.25) is 4.79 Å². The smallest absolute Gasteiger partial charge is 0.336 e. The average molecular weight is 394 g/mol. The highest BCUT2D eigenvalue weighted by molar-refractivity contribution is 5.82. The zero-order chi connectivity index (χ0) is 20.4. The molecule has 7 heteroatoms. The van der Waals surface area contributed by atoms with E-state index in [9.17, 15) is 14.0 Å². The first kappa shape index (κ1) is 18.7. The van der Waals surface area contributed by atoms with Gasteiger partial charge in [0.1, 0.15) is 17.1 Å². The van der Waals surface area contributed by atoms with Crippen LogP contribution in [0.5, 0.6) is 5.75 Å². The lowest BCUT2D eigenvalue weighted by atomic mass is 10.1. The van der Waals surface area contributed by atoms with Crippen LogP contribution in [0.3, 0.4) is 0 Å². The molecule has 0 aliphatic carbocycles. The van der Waals surface area contributed by atoms with E-state index in [0.29, 0.717) is 24.4 Å². The SMILES string of the molecule is Cc1cc(=O)oc2cc(OCC(=O)NCCn3ccc4ccc(F)cc43)ccc12. The van der Waals surface area contributed by atoms with Crippen LogP contribution in [0.15, 0.2) is 63.9 Å². The Balaban J connectivity index is 1.32. The molecule has 4 aromatic rings. The molecule has 0 saturated heterocycles. The molecule has 2 aromatic heterocycles. The predicted molar refractivity (Wildman–Crippen MR) is 108 cm³/mol. The van der Waals surface area contributed by atoms with Crippen LogP contribution < -0.4 is 15.7 Å². The molecule has 148 valence electrons. The molecular weight excluding hydrogens is 375 g/mol. The summed E-state index contributed by atoms with van der Waals surface area (Å²) < 4.78 is 26.0. The van der Waals surface area contributed by atoms with E-state index in [1.807, 2.05) is 23.8 Å². The summed E-state index contributed by atoms with van der Waals surface area (Å²) >= 11 is 0. The molecule has 2 heterocycles. The van der Waals surface area contributed by atoms with Crippen LogP contribution in [-0.2, 0) is 11.3 Å². The Morgan fingerprint density at radius 1 is 1.17 bits per heavy atom. The zero-order valence-corrected chi connectivity index (χ0v) is 15.8. The Kier molecular flexibility index (Phi) is 5.03. The Bertz CT molecular complexity index is 1260. The van der Waals surface area contributed by atoms with Crippen molar-refractivity contribution in [3.05, 3.63) is 76.5 Å². The van der Waals surface area contributed by atoms with E-state index in [2.05, 4.69) is 5.32 Å². The number of hydrogen-bond donors (Lipinski definition) is 1. The summed E-state index contributed by atoms with van der Waals surface area (Å²) in [6.07, 6.45) is 1.86. The van der Waals surface area contributed by atoms with Gasteiger partial charge < -0.3 is 19.0 Å². The molecule has 1 N–H and O–H groups in total. The number of carbonyl (C=O) groups excluding carboxylic acids is 1. The van der Waals surface area contributed by atoms with Crippen LogP contribution >= 0.6 is 0 Å². The van der Waals surface area contributed by atoms with E-state index in [1.165, 1.54) is 18.2 Å². The van der Waals surface area contributed by atoms with E-state index < -0.39 is 5.63 Å². The largest absolute Gasteiger partial charge is 0.484 e. The lowest BCUT2D eigenvalue weighted by Gasteiger charge is -2.10. The van der Waals surface area contributed by atoms with Crippen molar-refractivity contribution in [3.8, 4) is 5.75 Å². The number of fused-ring (bicyclic) bond motifs is 2. The minimum Gasteiger partial charge on any atom is -0.484 e. The molecule has 1 amide bonds. The number of aryl methyl sites for hydroxylation is 1. The fraction of sp³-hybridized carbons (Fsp3) is 0.182. The molecule has 0 spiro atoms. The molecule has 0 saturated carbocycles. The highest BCUT2D eigenvalue weighted by Gasteiger charge is 2.07. The second-order valence-corrected chi connectivity index (χ2v) is 6.76. The summed E-state index contributed by atoms with van der Waals surface area (Å²) in [4.78, 5) is 23.6. The number of benzene rings is 2. The molecule has 0 aliphatic rings. The van der Waals surface area contributed by atoms with Crippen LogP contribution in [0.4, 0.5) is 4.39 Å². The third-order valence-corrected chi connectivity index (χ3v) is 4.70. The molecule has 2 aromatic carbocycles. The Labute approximate surface area is 165 Å². The molecule has 0 fully saturated rings. The van der Waals surface area contributed by atoms with Gasteiger partial charge in [0.2, 0.25) is 0 Å². The van der Waals surface area contributed by atoms with Crippen molar-refractivity contribution in [1.82, 2.24) is 9.88 Å². The lowest BCUT2D eigenvalue weighted by molar-refractivity contribution is -0.123. The van der Waals surface area contributed by atoms with Crippen molar-refractivity contribution in [3.63, 3.8) is 0 Å². The highest BCUT2D eigenvalue weighted by atomic mass is 19.1. The van der Waals surface area contributed by atoms with E-state index in [1.54, 1.807) is 24.3 Å². The van der Waals surface area contributed by atoms with E-state index >= 15 is 0 Å². The van der Waals surface area contributed by atoms with Gasteiger partial charge in [0.05, 0.1) is 5.52 Å². The number of nitrogens with zero attached hydrogens (tertiary/aromatic N) is 1. The Morgan fingerprint density at radius 2 is 2.03 bits per heavy atom. The normalized spacial score (nSPS) is 11.1. The summed E-state index contributed by atoms with van der Waals surface area (Å²) in [6.45, 7) is 2.56. The molecule has 6 nitrogen and oxygen atoms in total. The quantitative estimate of drug-likeness (QED) is 0.509. The predicted octanol–water partition coefficient (Wildman–Crippen LogP) is 3.39. The number of aromatic nitrogens is 1. The monoisotopic (exact) mass is 394 g/mol. The minimum absolute atomic E-state index is 0.164. The van der Waals surface area contributed by atoms with Crippen LogP contribution in [0.2, 0.25) is 0 Å². The van der Waals surface area contributed by atoms with E-state index in [0.717, 1.165) is 21.9 Å². The number of hydrogen-bond acceptors (Lipinski definition) is 4. The molecule has 0 atom stereocenters. The van der Waals surface area contributed by atoms with Gasteiger partial charge in [-0.15, -0.1) is 0 Å². The first-order chi connectivity index (χ1) is 14.0. The van der Waals surface area contributed by atoms with E-state index in [-0.39, 0.29) is 18.3 Å². The third-order valence-electron chi connectivity index (χ3n) is 4.70. The first-order valence-electron chi connectivity index (χ1n) is 9.18. The number of rotatable bonds is 6. The molecule has 0 unspecified atom stereocenters. The van der Waals surface area contributed by atoms with Crippen molar-refractivity contribution in [1.29, 1.82) is 0 Å². The number of amides is 1. The zero-order valence-electron chi connectivity index (χ0n) is 15.8. The number of carbonyl (C=O) groups is 1. The maximum absolute atomic E-state index is 13.4. The molecule has 0 radical (unpaired) electrons. The molecule has 29 heavy (non-hydrogen) atoms. The van der Waals surface area contributed by atoms with Gasteiger partial charge >= 0.3 is 5.63 Å². The van der Waals surface area contributed by atoms with E-state index in [4.69, 9.17) is 9.15 Å². The molecule has 4 rings (SSSR count). The summed E-state index contributed by atoms with van der Waals surface area (Å²) in [5.74, 6) is -0.136. The second kappa shape index (κ2) is 7.79. The van der Waals surface area contributed by atoms with Crippen molar-refractivity contribution in [2.24, 2.45) is 0 Å². The van der Waals surface area contributed by atoms with Crippen LogP contribution in [0.25, 0.3) is 21.9 Å². The van der Waals surface area contributed by atoms with Crippen molar-refractivity contribution < 1.29 is 18.3 Å². The van der Waals surface area contributed by atoms with Crippen LogP contribution in [0, 0.1) is 12.7 Å². The average Bonchev–Trinajstić information content (AvgIpc) is 3.08.